The van der Waals surface area contributed by atoms with Gasteiger partial charge in [0.15, 0.2) is 11.2 Å². The highest BCUT2D eigenvalue weighted by molar-refractivity contribution is 5.78. The van der Waals surface area contributed by atoms with Crippen LogP contribution in [-0.2, 0) is 11.8 Å². The highest BCUT2D eigenvalue weighted by Crippen LogP contribution is 2.73. The second-order valence-electron chi connectivity index (χ2n) is 13.3. The maximum atomic E-state index is 11.8. The van der Waals surface area contributed by atoms with Crippen LogP contribution in [0.2, 0.25) is 0 Å². The maximum absolute atomic E-state index is 11.8. The lowest BCUT2D eigenvalue weighted by atomic mass is 9.35. The molecule has 3 saturated carbocycles. The van der Waals surface area contributed by atoms with Gasteiger partial charge < -0.3 is 8.83 Å². The van der Waals surface area contributed by atoms with Crippen LogP contribution in [0.25, 0.3) is 11.2 Å². The van der Waals surface area contributed by atoms with Crippen LogP contribution in [0.1, 0.15) is 96.3 Å². The molecule has 1 aliphatic heterocycles. The molecule has 35 heavy (non-hydrogen) atoms. The molecule has 4 aliphatic carbocycles. The van der Waals surface area contributed by atoms with Crippen LogP contribution in [0.15, 0.2) is 36.3 Å². The minimum atomic E-state index is -0.593. The van der Waals surface area contributed by atoms with Crippen LogP contribution >= 0.6 is 0 Å². The van der Waals surface area contributed by atoms with Crippen molar-refractivity contribution in [3.05, 3.63) is 45.0 Å². The third kappa shape index (κ3) is 3.17. The number of rotatable bonds is 0. The Morgan fingerprint density at radius 2 is 1.77 bits per heavy atom. The van der Waals surface area contributed by atoms with Gasteiger partial charge in [-0.3, -0.25) is 4.99 Å². The van der Waals surface area contributed by atoms with Crippen molar-refractivity contribution >= 4 is 17.4 Å². The Bertz CT molecular complexity index is 1310. The largest absolute Gasteiger partial charge is 0.519 e. The monoisotopic (exact) mass is 475 g/mol. The van der Waals surface area contributed by atoms with Crippen molar-refractivity contribution in [2.24, 2.45) is 33.1 Å². The normalized spacial score (nSPS) is 41.0. The van der Waals surface area contributed by atoms with Crippen molar-refractivity contribution < 1.29 is 8.83 Å². The Kier molecular flexibility index (Phi) is 4.97. The van der Waals surface area contributed by atoms with Gasteiger partial charge >= 0.3 is 5.82 Å². The number of allylic oxidation sites excluding steroid dienone is 2. The SMILES string of the molecule is C1=NC1.Cc1c2c(cc3oc(=O)oc13)[C@]1(C)CC[C@@]3(C)[C@@H]4C[C@@H](C)CC[C@]4(C)CC[C@]3(C)C1=CC2. The topological polar surface area (TPSA) is 55.7 Å². The van der Waals surface area contributed by atoms with Gasteiger partial charge in [0.1, 0.15) is 0 Å². The third-order valence-electron chi connectivity index (χ3n) is 11.5. The predicted molar refractivity (Wildman–Crippen MR) is 141 cm³/mol. The molecule has 0 radical (unpaired) electrons. The van der Waals surface area contributed by atoms with Gasteiger partial charge in [0.05, 0.1) is 6.54 Å². The molecule has 4 heteroatoms. The molecule has 5 aliphatic rings. The van der Waals surface area contributed by atoms with E-state index in [4.69, 9.17) is 8.83 Å². The average molecular weight is 476 g/mol. The number of hydrogen-bond donors (Lipinski definition) is 0. The molecule has 0 bridgehead atoms. The van der Waals surface area contributed by atoms with E-state index in [1.54, 1.807) is 5.57 Å². The molecule has 6 atom stereocenters. The molecule has 2 heterocycles. The fourth-order valence-electron chi connectivity index (χ4n) is 9.13. The molecule has 4 nitrogen and oxygen atoms in total. The highest BCUT2D eigenvalue weighted by atomic mass is 16.6. The van der Waals surface area contributed by atoms with Gasteiger partial charge in [-0.15, -0.1) is 0 Å². The van der Waals surface area contributed by atoms with Crippen molar-refractivity contribution in [1.29, 1.82) is 0 Å². The molecule has 188 valence electrons. The number of aryl methyl sites for hydroxylation is 1. The zero-order valence-electron chi connectivity index (χ0n) is 22.4. The van der Waals surface area contributed by atoms with Crippen LogP contribution in [0, 0.1) is 35.0 Å². The van der Waals surface area contributed by atoms with Gasteiger partial charge in [-0.1, -0.05) is 52.7 Å². The van der Waals surface area contributed by atoms with E-state index in [0.29, 0.717) is 22.0 Å². The highest BCUT2D eigenvalue weighted by Gasteiger charge is 2.65. The lowest BCUT2D eigenvalue weighted by Crippen LogP contribution is -2.61. The Hall–Kier alpha value is -2.10. The summed E-state index contributed by atoms with van der Waals surface area (Å²) in [6, 6.07) is 2.14. The molecule has 3 fully saturated rings. The summed E-state index contributed by atoms with van der Waals surface area (Å²) in [6.07, 6.45) is 14.7. The molecule has 0 spiro atoms. The minimum Gasteiger partial charge on any atom is -0.391 e. The molecule has 0 N–H and O–H groups in total. The van der Waals surface area contributed by atoms with Gasteiger partial charge in [0.2, 0.25) is 0 Å². The molecule has 0 amide bonds. The van der Waals surface area contributed by atoms with Gasteiger partial charge in [-0.25, -0.2) is 4.79 Å². The standard InChI is InChI=1S/C29H38O3.C2H3N/c1-17-9-10-26(3)11-13-28(5)22-8-7-19-18(2)24-21(31-25(30)32-24)16-20(19)27(22,4)12-14-29(28,6)23(26)15-17;1-2-3-1/h8,16-17,23H,7,9-15H2,1-6H3;1H,2H2/t17-,23+,26+,27-,28+,29-;/m0./s1. The van der Waals surface area contributed by atoms with E-state index in [-0.39, 0.29) is 10.8 Å². The zero-order chi connectivity index (χ0) is 24.8. The Morgan fingerprint density at radius 1 is 1.03 bits per heavy atom. The van der Waals surface area contributed by atoms with Crippen molar-refractivity contribution in [1.82, 2.24) is 0 Å². The van der Waals surface area contributed by atoms with Crippen molar-refractivity contribution in [2.45, 2.75) is 98.3 Å². The first-order valence-corrected chi connectivity index (χ1v) is 13.8. The molecule has 7 rings (SSSR count). The van der Waals surface area contributed by atoms with Crippen LogP contribution < -0.4 is 5.82 Å². The van der Waals surface area contributed by atoms with Crippen LogP contribution in [-0.4, -0.2) is 12.8 Å². The van der Waals surface area contributed by atoms with E-state index in [1.807, 2.05) is 6.21 Å². The second-order valence-corrected chi connectivity index (χ2v) is 13.3. The second kappa shape index (κ2) is 7.46. The maximum Gasteiger partial charge on any atom is 0.519 e. The van der Waals surface area contributed by atoms with Crippen molar-refractivity contribution in [3.63, 3.8) is 0 Å². The summed E-state index contributed by atoms with van der Waals surface area (Å²) in [5.41, 5.74) is 7.78. The quantitative estimate of drug-likeness (QED) is 0.370. The number of benzene rings is 1. The van der Waals surface area contributed by atoms with Gasteiger partial charge in [-0.05, 0) is 103 Å². The van der Waals surface area contributed by atoms with Crippen LogP contribution in [0.5, 0.6) is 0 Å². The summed E-state index contributed by atoms with van der Waals surface area (Å²) in [5.74, 6) is 1.06. The number of hydrogen-bond acceptors (Lipinski definition) is 4. The smallest absolute Gasteiger partial charge is 0.391 e. The summed E-state index contributed by atoms with van der Waals surface area (Å²) in [4.78, 5) is 15.5. The van der Waals surface area contributed by atoms with E-state index >= 15 is 0 Å². The molecule has 1 aromatic heterocycles. The van der Waals surface area contributed by atoms with Gasteiger partial charge in [0.25, 0.3) is 0 Å². The number of nitrogens with zero attached hydrogens (tertiary/aromatic N) is 1. The molecule has 1 aromatic carbocycles. The fourth-order valence-corrected chi connectivity index (χ4v) is 9.13. The lowest BCUT2D eigenvalue weighted by molar-refractivity contribution is -0.145. The Morgan fingerprint density at radius 3 is 2.49 bits per heavy atom. The predicted octanol–water partition coefficient (Wildman–Crippen LogP) is 7.55. The lowest BCUT2D eigenvalue weighted by Gasteiger charge is -2.69. The number of aliphatic imine (C=N–C) groups is 1. The molecular formula is C31H41NO3. The summed E-state index contributed by atoms with van der Waals surface area (Å²) in [7, 11) is 0. The first-order valence-electron chi connectivity index (χ1n) is 13.8. The Labute approximate surface area is 209 Å². The summed E-state index contributed by atoms with van der Waals surface area (Å²) < 4.78 is 10.8. The van der Waals surface area contributed by atoms with Crippen LogP contribution in [0.4, 0.5) is 0 Å². The minimum absolute atomic E-state index is 0.00462. The zero-order valence-corrected chi connectivity index (χ0v) is 22.4. The van der Waals surface area contributed by atoms with Crippen molar-refractivity contribution in [3.8, 4) is 0 Å². The Balaban J connectivity index is 0.000000710. The van der Waals surface area contributed by atoms with Crippen LogP contribution in [0.3, 0.4) is 0 Å². The molecule has 0 unspecified atom stereocenters. The van der Waals surface area contributed by atoms with E-state index in [2.05, 4.69) is 58.7 Å². The van der Waals surface area contributed by atoms with E-state index in [1.165, 1.54) is 56.1 Å². The first-order chi connectivity index (χ1) is 16.5. The van der Waals surface area contributed by atoms with E-state index < -0.39 is 5.82 Å². The van der Waals surface area contributed by atoms with E-state index in [9.17, 15) is 4.79 Å². The summed E-state index contributed by atoms with van der Waals surface area (Å²) in [5, 5.41) is 0. The summed E-state index contributed by atoms with van der Waals surface area (Å²) >= 11 is 0. The molecule has 0 saturated heterocycles. The first kappa shape index (κ1) is 23.3. The van der Waals surface area contributed by atoms with E-state index in [0.717, 1.165) is 30.4 Å². The molecular weight excluding hydrogens is 434 g/mol. The molecule has 2 aromatic rings. The summed E-state index contributed by atoms with van der Waals surface area (Å²) in [6.45, 7) is 15.9. The third-order valence-corrected chi connectivity index (χ3v) is 11.5. The van der Waals surface area contributed by atoms with Gasteiger partial charge in [-0.2, -0.15) is 0 Å². The van der Waals surface area contributed by atoms with Crippen molar-refractivity contribution in [2.75, 3.05) is 6.54 Å². The van der Waals surface area contributed by atoms with Gasteiger partial charge in [0, 0.05) is 11.6 Å². The fraction of sp³-hybridized carbons (Fsp3) is 0.677. The average Bonchev–Trinajstić information content (AvgIpc) is 3.65. The number of fused-ring (bicyclic) bond motifs is 8.